The van der Waals surface area contributed by atoms with E-state index in [0.29, 0.717) is 58.3 Å². The summed E-state index contributed by atoms with van der Waals surface area (Å²) in [6.07, 6.45) is 4.93. The van der Waals surface area contributed by atoms with Gasteiger partial charge >= 0.3 is 5.97 Å². The number of likely N-dealkylation sites (N-methyl/N-ethyl adjacent to an activating group) is 1. The van der Waals surface area contributed by atoms with E-state index in [4.69, 9.17) is 19.2 Å². The third-order valence-corrected chi connectivity index (χ3v) is 13.8. The number of carbonyl (C=O) groups is 5. The second-order valence-corrected chi connectivity index (χ2v) is 18.9. The van der Waals surface area contributed by atoms with Gasteiger partial charge < -0.3 is 33.9 Å². The summed E-state index contributed by atoms with van der Waals surface area (Å²) in [6, 6.07) is 15.7. The van der Waals surface area contributed by atoms with Crippen molar-refractivity contribution in [2.24, 2.45) is 11.3 Å². The van der Waals surface area contributed by atoms with Crippen LogP contribution in [0.5, 0.6) is 0 Å². The molecule has 6 heterocycles. The third kappa shape index (κ3) is 9.38. The number of likely N-dealkylation sites (tertiary alicyclic amines) is 1. The van der Waals surface area contributed by atoms with Crippen molar-refractivity contribution in [3.8, 4) is 22.4 Å². The van der Waals surface area contributed by atoms with Crippen LogP contribution in [0, 0.1) is 11.3 Å². The van der Waals surface area contributed by atoms with Gasteiger partial charge in [0.1, 0.15) is 18.1 Å². The van der Waals surface area contributed by atoms with Gasteiger partial charge in [0.15, 0.2) is 0 Å². The van der Waals surface area contributed by atoms with Crippen molar-refractivity contribution in [3.05, 3.63) is 90.3 Å². The molecule has 6 bridgehead atoms. The number of aryl methyl sites for hydroxylation is 1. The molecule has 4 aliphatic heterocycles. The molecule has 8 rings (SSSR count). The Kier molecular flexibility index (Phi) is 13.8. The number of fused-ring (bicyclic) bond motifs is 6. The first-order valence-electron chi connectivity index (χ1n) is 23.3. The van der Waals surface area contributed by atoms with Gasteiger partial charge in [-0.05, 0) is 98.5 Å². The highest BCUT2D eigenvalue weighted by Gasteiger charge is 2.44. The molecule has 15 heteroatoms. The normalized spacial score (nSPS) is 23.0. The predicted molar refractivity (Wildman–Crippen MR) is 249 cm³/mol. The van der Waals surface area contributed by atoms with Gasteiger partial charge in [-0.15, -0.1) is 0 Å². The molecule has 4 amide bonds. The number of rotatable bonds is 10. The molecule has 2 aromatic heterocycles. The highest BCUT2D eigenvalue weighted by molar-refractivity contribution is 5.96. The number of hydrazine groups is 1. The van der Waals surface area contributed by atoms with Crippen molar-refractivity contribution < 1.29 is 38.2 Å². The first-order valence-corrected chi connectivity index (χ1v) is 23.3. The summed E-state index contributed by atoms with van der Waals surface area (Å²) in [7, 11) is 3.27. The van der Waals surface area contributed by atoms with Crippen LogP contribution in [0.15, 0.2) is 73.4 Å². The molecule has 4 unspecified atom stereocenters. The average molecular weight is 902 g/mol. The maximum Gasteiger partial charge on any atom is 0.324 e. The molecular formula is C51H63N7O8. The Labute approximate surface area is 386 Å². The van der Waals surface area contributed by atoms with Crippen molar-refractivity contribution in [3.63, 3.8) is 0 Å². The van der Waals surface area contributed by atoms with Crippen LogP contribution in [-0.2, 0) is 57.6 Å². The van der Waals surface area contributed by atoms with Gasteiger partial charge in [0.25, 0.3) is 5.91 Å². The number of aromatic nitrogens is 2. The summed E-state index contributed by atoms with van der Waals surface area (Å²) in [5.41, 5.74) is 10.4. The van der Waals surface area contributed by atoms with Crippen molar-refractivity contribution in [2.75, 3.05) is 47.0 Å². The molecule has 6 atom stereocenters. The minimum atomic E-state index is -1.08. The zero-order chi connectivity index (χ0) is 46.9. The van der Waals surface area contributed by atoms with Crippen molar-refractivity contribution in [1.29, 1.82) is 0 Å². The number of cyclic esters (lactones) is 1. The maximum atomic E-state index is 14.7. The van der Waals surface area contributed by atoms with E-state index in [1.54, 1.807) is 25.3 Å². The van der Waals surface area contributed by atoms with Crippen molar-refractivity contribution in [1.82, 2.24) is 35.1 Å². The quantitative estimate of drug-likeness (QED) is 0.156. The van der Waals surface area contributed by atoms with E-state index in [9.17, 15) is 24.0 Å². The molecule has 0 saturated carbocycles. The standard InChI is InChI=1S/C51H63N7O8/c1-8-43(59)56-23-19-35(29-56)48(61)55(6)46(42-20-24-65-42)47(60)53-40-26-32-13-10-14-33(25-32)34-17-18-41-37(27-34)38(45(57(41)9-2)36-15-11-21-52-44(36)31(3)64-7)28-51(4,5)30-66-50(63)39-16-12-22-58(54-39)49(40)62/h8,10-11,13-15,17-18,21,25,27,31,35,39-40,42,46,54H,1,9,12,16,19-20,22-24,26,28-30H2,2-7H3,(H,53,60)/t31?,35-,39-,40?,42?,46?/m0/s1. The molecule has 66 heavy (non-hydrogen) atoms. The minimum Gasteiger partial charge on any atom is -0.464 e. The second kappa shape index (κ2) is 19.5. The first-order chi connectivity index (χ1) is 31.7. The van der Waals surface area contributed by atoms with E-state index in [1.165, 1.54) is 16.0 Å². The minimum absolute atomic E-state index is 0.127. The molecule has 0 radical (unpaired) electrons. The van der Waals surface area contributed by atoms with Crippen LogP contribution in [0.3, 0.4) is 0 Å². The largest absolute Gasteiger partial charge is 0.464 e. The number of esters is 1. The number of methoxy groups -OCH3 is 1. The van der Waals surface area contributed by atoms with E-state index in [-0.39, 0.29) is 37.5 Å². The number of pyridine rings is 1. The Morgan fingerprint density at radius 3 is 2.59 bits per heavy atom. The molecule has 0 spiro atoms. The first kappa shape index (κ1) is 46.6. The van der Waals surface area contributed by atoms with Crippen LogP contribution in [0.4, 0.5) is 0 Å². The molecule has 4 aliphatic rings. The number of hydrogen-bond donors (Lipinski definition) is 2. The fourth-order valence-electron chi connectivity index (χ4n) is 10.1. The van der Waals surface area contributed by atoms with Gasteiger partial charge in [0, 0.05) is 81.4 Å². The molecule has 2 aromatic carbocycles. The molecule has 2 N–H and O–H groups in total. The Balaban J connectivity index is 1.18. The van der Waals surface area contributed by atoms with Gasteiger partial charge in [0.05, 0.1) is 36.1 Å². The monoisotopic (exact) mass is 901 g/mol. The molecule has 0 aliphatic carbocycles. The predicted octanol–water partition coefficient (Wildman–Crippen LogP) is 5.40. The van der Waals surface area contributed by atoms with Crippen LogP contribution in [-0.4, -0.2) is 125 Å². The number of ether oxygens (including phenoxy) is 3. The lowest BCUT2D eigenvalue weighted by Gasteiger charge is -2.40. The zero-order valence-corrected chi connectivity index (χ0v) is 39.0. The molecule has 350 valence electrons. The lowest BCUT2D eigenvalue weighted by Crippen LogP contribution is -2.64. The summed E-state index contributed by atoms with van der Waals surface area (Å²) < 4.78 is 20.1. The highest BCUT2D eigenvalue weighted by atomic mass is 16.5. The fourth-order valence-corrected chi connectivity index (χ4v) is 10.1. The number of hydrogen-bond acceptors (Lipinski definition) is 10. The molecule has 3 saturated heterocycles. The lowest BCUT2D eigenvalue weighted by atomic mass is 9.84. The van der Waals surface area contributed by atoms with Crippen molar-refractivity contribution in [2.45, 2.75) is 103 Å². The van der Waals surface area contributed by atoms with Crippen LogP contribution in [0.2, 0.25) is 0 Å². The van der Waals surface area contributed by atoms with Gasteiger partial charge in [-0.2, -0.15) is 0 Å². The second-order valence-electron chi connectivity index (χ2n) is 18.9. The highest BCUT2D eigenvalue weighted by Crippen LogP contribution is 2.42. The molecule has 15 nitrogen and oxygen atoms in total. The van der Waals surface area contributed by atoms with Crippen LogP contribution < -0.4 is 10.7 Å². The Morgan fingerprint density at radius 2 is 1.86 bits per heavy atom. The van der Waals surface area contributed by atoms with Crippen molar-refractivity contribution >= 4 is 40.5 Å². The Bertz CT molecular complexity index is 2510. The number of carbonyl (C=O) groups excluding carboxylic acids is 5. The number of nitrogens with one attached hydrogen (secondary N) is 2. The third-order valence-electron chi connectivity index (χ3n) is 13.8. The Hall–Kier alpha value is -5.90. The lowest BCUT2D eigenvalue weighted by molar-refractivity contribution is -0.158. The van der Waals surface area contributed by atoms with E-state index >= 15 is 0 Å². The topological polar surface area (TPSA) is 165 Å². The van der Waals surface area contributed by atoms with Crippen LogP contribution >= 0.6 is 0 Å². The number of nitrogens with zero attached hydrogens (tertiary/aromatic N) is 5. The van der Waals surface area contributed by atoms with E-state index in [2.05, 4.69) is 73.0 Å². The summed E-state index contributed by atoms with van der Waals surface area (Å²) in [5, 5.41) is 5.55. The van der Waals surface area contributed by atoms with E-state index in [0.717, 1.165) is 50.1 Å². The summed E-state index contributed by atoms with van der Waals surface area (Å²) >= 11 is 0. The van der Waals surface area contributed by atoms with E-state index < -0.39 is 53.3 Å². The number of amides is 4. The van der Waals surface area contributed by atoms with Crippen LogP contribution in [0.25, 0.3) is 33.3 Å². The maximum absolute atomic E-state index is 14.7. The number of benzene rings is 2. The zero-order valence-electron chi connectivity index (χ0n) is 39.0. The molecule has 4 aromatic rings. The summed E-state index contributed by atoms with van der Waals surface area (Å²) in [4.78, 5) is 77.4. The van der Waals surface area contributed by atoms with Gasteiger partial charge in [-0.3, -0.25) is 34.0 Å². The Morgan fingerprint density at radius 1 is 1.08 bits per heavy atom. The molecule has 3 fully saturated rings. The van der Waals surface area contributed by atoms with Gasteiger partial charge in [0.2, 0.25) is 17.7 Å². The summed E-state index contributed by atoms with van der Waals surface area (Å²) in [5.74, 6) is -2.41. The summed E-state index contributed by atoms with van der Waals surface area (Å²) in [6.45, 7) is 14.1. The van der Waals surface area contributed by atoms with Gasteiger partial charge in [-0.25, -0.2) is 5.43 Å². The van der Waals surface area contributed by atoms with Crippen LogP contribution in [0.1, 0.15) is 76.3 Å². The smallest absolute Gasteiger partial charge is 0.324 e. The average Bonchev–Trinajstić information content (AvgIpc) is 3.93. The molecular weight excluding hydrogens is 839 g/mol. The van der Waals surface area contributed by atoms with E-state index in [1.807, 2.05) is 31.2 Å². The fraction of sp³-hybridized carbons (Fsp3) is 0.490. The van der Waals surface area contributed by atoms with Gasteiger partial charge in [-0.1, -0.05) is 50.8 Å². The SMILES string of the molecule is C=CC(=O)N1CC[C@H](C(=O)N(C)C(C(=O)NC2Cc3cccc(c3)-c3ccc4c(c3)c(c(-c3cccnc3C(C)OC)n4CC)CC(C)(C)COC(=O)[C@@H]3CCCN(N3)C2=O)C2CCO2)C1.